The second-order valence-electron chi connectivity index (χ2n) is 4.35. The fraction of sp³-hybridized carbons (Fsp3) is 0.417. The lowest BCUT2D eigenvalue weighted by Gasteiger charge is -2.08. The third kappa shape index (κ3) is 4.84. The standard InChI is InChI=1S/C12H16ClN3O3/c1-8(7-14)2-5-12(17)15-9-3-4-10(13)11(6-9)16(18)19/h3-4,6,8H,2,5,7,14H2,1H3,(H,15,17). The SMILES string of the molecule is CC(CN)CCC(=O)Nc1ccc(Cl)c([N+](=O)[O-])c1. The number of benzene rings is 1. The largest absolute Gasteiger partial charge is 0.330 e. The lowest BCUT2D eigenvalue weighted by molar-refractivity contribution is -0.384. The molecule has 0 aliphatic rings. The number of amides is 1. The van der Waals surface area contributed by atoms with Gasteiger partial charge in [0.2, 0.25) is 5.91 Å². The Labute approximate surface area is 116 Å². The highest BCUT2D eigenvalue weighted by Crippen LogP contribution is 2.27. The van der Waals surface area contributed by atoms with Gasteiger partial charge in [0.05, 0.1) is 4.92 Å². The summed E-state index contributed by atoms with van der Waals surface area (Å²) >= 11 is 5.68. The molecule has 0 aliphatic carbocycles. The van der Waals surface area contributed by atoms with Crippen molar-refractivity contribution < 1.29 is 9.72 Å². The molecule has 1 aromatic rings. The number of nitrogens with two attached hydrogens (primary N) is 1. The molecule has 3 N–H and O–H groups in total. The fourth-order valence-electron chi connectivity index (χ4n) is 1.45. The predicted molar refractivity (Wildman–Crippen MR) is 74.2 cm³/mol. The Balaban J connectivity index is 2.64. The number of carbonyl (C=O) groups is 1. The Morgan fingerprint density at radius 2 is 2.26 bits per heavy atom. The highest BCUT2D eigenvalue weighted by atomic mass is 35.5. The van der Waals surface area contributed by atoms with Crippen molar-refractivity contribution in [2.75, 3.05) is 11.9 Å². The average molecular weight is 286 g/mol. The third-order valence-corrected chi connectivity index (χ3v) is 3.01. The van der Waals surface area contributed by atoms with E-state index in [0.29, 0.717) is 25.1 Å². The van der Waals surface area contributed by atoms with Gasteiger partial charge >= 0.3 is 0 Å². The highest BCUT2D eigenvalue weighted by Gasteiger charge is 2.14. The number of hydrogen-bond donors (Lipinski definition) is 2. The van der Waals surface area contributed by atoms with E-state index in [2.05, 4.69) is 5.32 Å². The van der Waals surface area contributed by atoms with Gasteiger partial charge in [-0.3, -0.25) is 14.9 Å². The minimum absolute atomic E-state index is 0.0414. The first kappa shape index (κ1) is 15.4. The van der Waals surface area contributed by atoms with Crippen LogP contribution in [-0.4, -0.2) is 17.4 Å². The normalized spacial score (nSPS) is 11.9. The maximum atomic E-state index is 11.6. The second-order valence-corrected chi connectivity index (χ2v) is 4.76. The Morgan fingerprint density at radius 1 is 1.58 bits per heavy atom. The van der Waals surface area contributed by atoms with Crippen molar-refractivity contribution in [3.63, 3.8) is 0 Å². The van der Waals surface area contributed by atoms with Crippen molar-refractivity contribution in [2.45, 2.75) is 19.8 Å². The maximum Gasteiger partial charge on any atom is 0.289 e. The van der Waals surface area contributed by atoms with E-state index in [1.54, 1.807) is 0 Å². The van der Waals surface area contributed by atoms with Gasteiger partial charge < -0.3 is 11.1 Å². The first-order valence-electron chi connectivity index (χ1n) is 5.88. The van der Waals surface area contributed by atoms with Gasteiger partial charge in [0.25, 0.3) is 5.69 Å². The molecule has 6 nitrogen and oxygen atoms in total. The molecule has 0 saturated heterocycles. The number of nitro groups is 1. The Bertz CT molecular complexity index is 479. The van der Waals surface area contributed by atoms with Crippen molar-refractivity contribution in [1.82, 2.24) is 0 Å². The highest BCUT2D eigenvalue weighted by molar-refractivity contribution is 6.32. The molecule has 0 radical (unpaired) electrons. The van der Waals surface area contributed by atoms with Gasteiger partial charge in [0.15, 0.2) is 0 Å². The molecular weight excluding hydrogens is 270 g/mol. The zero-order valence-electron chi connectivity index (χ0n) is 10.6. The van der Waals surface area contributed by atoms with Crippen molar-refractivity contribution in [3.05, 3.63) is 33.3 Å². The molecule has 0 aromatic heterocycles. The van der Waals surface area contributed by atoms with E-state index in [-0.39, 0.29) is 22.5 Å². The minimum atomic E-state index is -0.589. The van der Waals surface area contributed by atoms with Crippen LogP contribution in [0.3, 0.4) is 0 Å². The predicted octanol–water partition coefficient (Wildman–Crippen LogP) is 2.56. The molecule has 1 atom stereocenters. The van der Waals surface area contributed by atoms with Crippen molar-refractivity contribution in [2.24, 2.45) is 11.7 Å². The Morgan fingerprint density at radius 3 is 2.84 bits per heavy atom. The van der Waals surface area contributed by atoms with E-state index in [0.717, 1.165) is 0 Å². The molecule has 19 heavy (non-hydrogen) atoms. The van der Waals surface area contributed by atoms with E-state index in [1.165, 1.54) is 18.2 Å². The first-order chi connectivity index (χ1) is 8.93. The lowest BCUT2D eigenvalue weighted by atomic mass is 10.1. The quantitative estimate of drug-likeness (QED) is 0.620. The molecule has 1 rings (SSSR count). The van der Waals surface area contributed by atoms with Crippen molar-refractivity contribution >= 4 is 28.9 Å². The molecule has 0 aliphatic heterocycles. The van der Waals surface area contributed by atoms with Crippen molar-refractivity contribution in [1.29, 1.82) is 0 Å². The Hall–Kier alpha value is -1.66. The number of anilines is 1. The third-order valence-electron chi connectivity index (χ3n) is 2.69. The van der Waals surface area contributed by atoms with E-state index < -0.39 is 4.92 Å². The van der Waals surface area contributed by atoms with Crippen LogP contribution in [0, 0.1) is 16.0 Å². The summed E-state index contributed by atoms with van der Waals surface area (Å²) in [7, 11) is 0. The number of nitro benzene ring substituents is 1. The monoisotopic (exact) mass is 285 g/mol. The second kappa shape index (κ2) is 7.06. The smallest absolute Gasteiger partial charge is 0.289 e. The molecule has 0 spiro atoms. The van der Waals surface area contributed by atoms with E-state index in [9.17, 15) is 14.9 Å². The van der Waals surface area contributed by atoms with Crippen molar-refractivity contribution in [3.8, 4) is 0 Å². The van der Waals surface area contributed by atoms with Crippen LogP contribution in [0.1, 0.15) is 19.8 Å². The average Bonchev–Trinajstić information content (AvgIpc) is 2.37. The molecule has 0 heterocycles. The topological polar surface area (TPSA) is 98.3 Å². The number of nitrogens with one attached hydrogen (secondary N) is 1. The number of nitrogens with zero attached hydrogens (tertiary/aromatic N) is 1. The first-order valence-corrected chi connectivity index (χ1v) is 6.25. The lowest BCUT2D eigenvalue weighted by Crippen LogP contribution is -2.16. The summed E-state index contributed by atoms with van der Waals surface area (Å²) in [5.74, 6) is 0.0715. The molecule has 7 heteroatoms. The minimum Gasteiger partial charge on any atom is -0.330 e. The molecule has 0 bridgehead atoms. The number of hydrogen-bond acceptors (Lipinski definition) is 4. The van der Waals surface area contributed by atoms with E-state index in [1.807, 2.05) is 6.92 Å². The summed E-state index contributed by atoms with van der Waals surface area (Å²) < 4.78 is 0. The summed E-state index contributed by atoms with van der Waals surface area (Å²) in [6, 6.07) is 4.16. The van der Waals surface area contributed by atoms with Gasteiger partial charge in [0, 0.05) is 18.2 Å². The molecule has 104 valence electrons. The van der Waals surface area contributed by atoms with Crippen LogP contribution in [0.2, 0.25) is 5.02 Å². The number of carbonyl (C=O) groups excluding carboxylic acids is 1. The van der Waals surface area contributed by atoms with Crippen LogP contribution in [0.25, 0.3) is 0 Å². The zero-order valence-corrected chi connectivity index (χ0v) is 11.3. The van der Waals surface area contributed by atoms with E-state index in [4.69, 9.17) is 17.3 Å². The molecule has 0 fully saturated rings. The Kier molecular flexibility index (Phi) is 5.72. The van der Waals surface area contributed by atoms with Gasteiger partial charge in [-0.1, -0.05) is 18.5 Å². The summed E-state index contributed by atoms with van der Waals surface area (Å²) in [6.45, 7) is 2.49. The van der Waals surface area contributed by atoms with Crippen LogP contribution in [-0.2, 0) is 4.79 Å². The summed E-state index contributed by atoms with van der Waals surface area (Å²) in [6.07, 6.45) is 1.01. The zero-order chi connectivity index (χ0) is 14.4. The van der Waals surface area contributed by atoms with Gasteiger partial charge in [0.1, 0.15) is 5.02 Å². The number of halogens is 1. The van der Waals surface area contributed by atoms with Gasteiger partial charge in [-0.25, -0.2) is 0 Å². The van der Waals surface area contributed by atoms with Crippen LogP contribution >= 0.6 is 11.6 Å². The van der Waals surface area contributed by atoms with E-state index >= 15 is 0 Å². The summed E-state index contributed by atoms with van der Waals surface area (Å²) in [5, 5.41) is 13.4. The van der Waals surface area contributed by atoms with Crippen LogP contribution in [0.4, 0.5) is 11.4 Å². The van der Waals surface area contributed by atoms with Gasteiger partial charge in [-0.05, 0) is 31.0 Å². The molecule has 0 saturated carbocycles. The summed E-state index contributed by atoms with van der Waals surface area (Å²) in [5.41, 5.74) is 5.59. The molecule has 1 amide bonds. The maximum absolute atomic E-state index is 11.6. The van der Waals surface area contributed by atoms with Crippen LogP contribution in [0.5, 0.6) is 0 Å². The van der Waals surface area contributed by atoms with Crippen LogP contribution < -0.4 is 11.1 Å². The number of rotatable bonds is 6. The van der Waals surface area contributed by atoms with Gasteiger partial charge in [-0.15, -0.1) is 0 Å². The molecule has 1 aromatic carbocycles. The summed E-state index contributed by atoms with van der Waals surface area (Å²) in [4.78, 5) is 21.8. The fourth-order valence-corrected chi connectivity index (χ4v) is 1.64. The molecule has 1 unspecified atom stereocenters. The molecular formula is C12H16ClN3O3. The van der Waals surface area contributed by atoms with Gasteiger partial charge in [-0.2, -0.15) is 0 Å². The van der Waals surface area contributed by atoms with Crippen LogP contribution in [0.15, 0.2) is 18.2 Å².